The molecule has 1 aliphatic rings. The van der Waals surface area contributed by atoms with E-state index in [0.717, 1.165) is 23.2 Å². The summed E-state index contributed by atoms with van der Waals surface area (Å²) in [5, 5.41) is 4.65. The van der Waals surface area contributed by atoms with Crippen molar-refractivity contribution in [1.82, 2.24) is 9.73 Å². The maximum absolute atomic E-state index is 12.9. The molecule has 0 atom stereocenters. The second-order valence-corrected chi connectivity index (χ2v) is 6.26. The molecule has 0 saturated heterocycles. The zero-order valence-corrected chi connectivity index (χ0v) is 12.2. The summed E-state index contributed by atoms with van der Waals surface area (Å²) in [5.74, 6) is 0. The van der Waals surface area contributed by atoms with Crippen LogP contribution in [0.3, 0.4) is 0 Å². The van der Waals surface area contributed by atoms with E-state index in [9.17, 15) is 26.4 Å². The highest BCUT2D eigenvalue weighted by Gasteiger charge is 2.37. The number of alkyl halides is 3. The number of hydrogen-bond acceptors (Lipinski definition) is 4. The molecule has 0 saturated carbocycles. The lowest BCUT2D eigenvalue weighted by Crippen LogP contribution is -2.39. The van der Waals surface area contributed by atoms with Gasteiger partial charge < -0.3 is 0 Å². The van der Waals surface area contributed by atoms with Crippen LogP contribution in [-0.2, 0) is 16.2 Å². The molecule has 120 valence electrons. The van der Waals surface area contributed by atoms with E-state index in [1.807, 2.05) is 0 Å². The molecule has 22 heavy (non-hydrogen) atoms. The van der Waals surface area contributed by atoms with E-state index >= 15 is 0 Å². The Morgan fingerprint density at radius 2 is 1.95 bits per heavy atom. The van der Waals surface area contributed by atoms with Crippen LogP contribution in [-0.4, -0.2) is 31.7 Å². The first-order chi connectivity index (χ1) is 10.1. The molecule has 2 rings (SSSR count). The molecule has 1 heterocycles. The van der Waals surface area contributed by atoms with Gasteiger partial charge in [-0.15, -0.1) is 0 Å². The SMILES string of the molecule is CC1=NN(C(=O)NS(=O)(=O)c2ccccc2C(F)(F)F)CC1. The summed E-state index contributed by atoms with van der Waals surface area (Å²) in [7, 11) is -4.66. The van der Waals surface area contributed by atoms with Crippen LogP contribution in [0.25, 0.3) is 0 Å². The minimum atomic E-state index is -4.85. The van der Waals surface area contributed by atoms with Crippen LogP contribution >= 0.6 is 0 Å². The Bertz CT molecular complexity index is 729. The summed E-state index contributed by atoms with van der Waals surface area (Å²) in [5.41, 5.74) is -0.709. The van der Waals surface area contributed by atoms with Crippen molar-refractivity contribution in [3.8, 4) is 0 Å². The summed E-state index contributed by atoms with van der Waals surface area (Å²) in [6.45, 7) is 1.83. The zero-order chi connectivity index (χ0) is 16.5. The number of amides is 2. The minimum Gasteiger partial charge on any atom is -0.246 e. The Kier molecular flexibility index (Phi) is 4.14. The Balaban J connectivity index is 2.30. The van der Waals surface area contributed by atoms with Crippen molar-refractivity contribution in [1.29, 1.82) is 0 Å². The summed E-state index contributed by atoms with van der Waals surface area (Å²) in [6, 6.07) is 2.55. The van der Waals surface area contributed by atoms with E-state index in [4.69, 9.17) is 0 Å². The van der Waals surface area contributed by atoms with Gasteiger partial charge in [0.05, 0.1) is 17.0 Å². The average molecular weight is 335 g/mol. The van der Waals surface area contributed by atoms with E-state index in [-0.39, 0.29) is 6.54 Å². The maximum Gasteiger partial charge on any atom is 0.417 e. The molecule has 6 nitrogen and oxygen atoms in total. The third-order valence-corrected chi connectivity index (χ3v) is 4.29. The fraction of sp³-hybridized carbons (Fsp3) is 0.333. The van der Waals surface area contributed by atoms with Crippen LogP contribution in [0.2, 0.25) is 0 Å². The maximum atomic E-state index is 12.9. The summed E-state index contributed by atoms with van der Waals surface area (Å²) >= 11 is 0. The number of rotatable bonds is 2. The third kappa shape index (κ3) is 3.38. The lowest BCUT2D eigenvalue weighted by atomic mass is 10.2. The fourth-order valence-corrected chi connectivity index (χ4v) is 3.05. The lowest BCUT2D eigenvalue weighted by molar-refractivity contribution is -0.139. The first-order valence-corrected chi connectivity index (χ1v) is 7.64. The van der Waals surface area contributed by atoms with E-state index in [0.29, 0.717) is 18.2 Å². The molecular weight excluding hydrogens is 323 g/mol. The van der Waals surface area contributed by atoms with Gasteiger partial charge in [0.2, 0.25) is 0 Å². The fourth-order valence-electron chi connectivity index (χ4n) is 1.88. The highest BCUT2D eigenvalue weighted by molar-refractivity contribution is 7.90. The number of benzene rings is 1. The van der Waals surface area contributed by atoms with Gasteiger partial charge in [0, 0.05) is 12.1 Å². The van der Waals surface area contributed by atoms with E-state index in [1.54, 1.807) is 11.6 Å². The van der Waals surface area contributed by atoms with Gasteiger partial charge in [0.25, 0.3) is 10.0 Å². The smallest absolute Gasteiger partial charge is 0.246 e. The molecule has 10 heteroatoms. The summed E-state index contributed by atoms with van der Waals surface area (Å²) in [4.78, 5) is 10.8. The first-order valence-electron chi connectivity index (χ1n) is 6.16. The van der Waals surface area contributed by atoms with Crippen molar-refractivity contribution in [2.24, 2.45) is 5.10 Å². The average Bonchev–Trinajstić information content (AvgIpc) is 2.84. The Morgan fingerprint density at radius 1 is 1.32 bits per heavy atom. The normalized spacial score (nSPS) is 15.6. The quantitative estimate of drug-likeness (QED) is 0.900. The van der Waals surface area contributed by atoms with Crippen molar-refractivity contribution < 1.29 is 26.4 Å². The second kappa shape index (κ2) is 5.59. The molecule has 0 aromatic heterocycles. The monoisotopic (exact) mass is 335 g/mol. The number of nitrogens with one attached hydrogen (secondary N) is 1. The van der Waals surface area contributed by atoms with Crippen LogP contribution in [0.5, 0.6) is 0 Å². The van der Waals surface area contributed by atoms with Crippen molar-refractivity contribution >= 4 is 21.8 Å². The molecule has 1 aromatic rings. The van der Waals surface area contributed by atoms with Crippen LogP contribution < -0.4 is 4.72 Å². The number of halogens is 3. The Labute approximate surface area is 124 Å². The minimum absolute atomic E-state index is 0.175. The number of nitrogens with zero attached hydrogens (tertiary/aromatic N) is 2. The number of urea groups is 1. The Morgan fingerprint density at radius 3 is 2.50 bits per heavy atom. The van der Waals surface area contributed by atoms with Crippen LogP contribution in [0.4, 0.5) is 18.0 Å². The lowest BCUT2D eigenvalue weighted by Gasteiger charge is -2.16. The predicted octanol–water partition coefficient (Wildman–Crippen LogP) is 2.19. The number of sulfonamides is 1. The summed E-state index contributed by atoms with van der Waals surface area (Å²) in [6.07, 6.45) is -4.37. The molecular formula is C12H12F3N3O3S. The van der Waals surface area contributed by atoms with Gasteiger partial charge in [-0.1, -0.05) is 12.1 Å². The van der Waals surface area contributed by atoms with Gasteiger partial charge in [-0.05, 0) is 19.1 Å². The zero-order valence-electron chi connectivity index (χ0n) is 11.4. The van der Waals surface area contributed by atoms with Crippen molar-refractivity contribution in [3.63, 3.8) is 0 Å². The van der Waals surface area contributed by atoms with Gasteiger partial charge in [-0.3, -0.25) is 0 Å². The number of carbonyl (C=O) groups is 1. The molecule has 1 aliphatic heterocycles. The van der Waals surface area contributed by atoms with Crippen molar-refractivity contribution in [3.05, 3.63) is 29.8 Å². The van der Waals surface area contributed by atoms with Crippen molar-refractivity contribution in [2.75, 3.05) is 6.54 Å². The van der Waals surface area contributed by atoms with E-state index < -0.39 is 32.7 Å². The molecule has 0 spiro atoms. The molecule has 0 aliphatic carbocycles. The number of carbonyl (C=O) groups excluding carboxylic acids is 1. The van der Waals surface area contributed by atoms with Crippen LogP contribution in [0.1, 0.15) is 18.9 Å². The van der Waals surface area contributed by atoms with Gasteiger partial charge in [0.15, 0.2) is 0 Å². The number of hydrazone groups is 1. The van der Waals surface area contributed by atoms with Crippen molar-refractivity contribution in [2.45, 2.75) is 24.4 Å². The van der Waals surface area contributed by atoms with Gasteiger partial charge >= 0.3 is 12.2 Å². The number of hydrogen-bond donors (Lipinski definition) is 1. The van der Waals surface area contributed by atoms with E-state index in [1.165, 1.54) is 0 Å². The highest BCUT2D eigenvalue weighted by atomic mass is 32.2. The largest absolute Gasteiger partial charge is 0.417 e. The second-order valence-electron chi connectivity index (χ2n) is 4.61. The topological polar surface area (TPSA) is 78.8 Å². The molecule has 2 amide bonds. The Hall–Kier alpha value is -2.10. The van der Waals surface area contributed by atoms with E-state index in [2.05, 4.69) is 5.10 Å². The van der Waals surface area contributed by atoms with Gasteiger partial charge in [-0.2, -0.15) is 18.3 Å². The molecule has 0 fully saturated rings. The standard InChI is InChI=1S/C12H12F3N3O3S/c1-8-6-7-18(16-8)11(19)17-22(20,21)10-5-3-2-4-9(10)12(13,14)15/h2-5H,6-7H2,1H3,(H,17,19). The first kappa shape index (κ1) is 16.3. The van der Waals surface area contributed by atoms with Gasteiger partial charge in [0.1, 0.15) is 0 Å². The van der Waals surface area contributed by atoms with Gasteiger partial charge in [-0.25, -0.2) is 22.9 Å². The molecule has 0 radical (unpaired) electrons. The molecule has 1 aromatic carbocycles. The highest BCUT2D eigenvalue weighted by Crippen LogP contribution is 2.33. The third-order valence-electron chi connectivity index (χ3n) is 2.91. The summed E-state index contributed by atoms with van der Waals surface area (Å²) < 4.78 is 64.3. The van der Waals surface area contributed by atoms with Crippen LogP contribution in [0, 0.1) is 0 Å². The molecule has 1 N–H and O–H groups in total. The predicted molar refractivity (Wildman–Crippen MR) is 71.6 cm³/mol. The molecule has 0 unspecified atom stereocenters. The molecule has 0 bridgehead atoms. The van der Waals surface area contributed by atoms with Crippen LogP contribution in [0.15, 0.2) is 34.3 Å².